The van der Waals surface area contributed by atoms with E-state index in [2.05, 4.69) is 18.7 Å². The van der Waals surface area contributed by atoms with Gasteiger partial charge in [-0.3, -0.25) is 14.5 Å². The van der Waals surface area contributed by atoms with Crippen molar-refractivity contribution in [1.29, 1.82) is 0 Å². The predicted octanol–water partition coefficient (Wildman–Crippen LogP) is 5.12. The summed E-state index contributed by atoms with van der Waals surface area (Å²) in [5.74, 6) is -0.0898. The van der Waals surface area contributed by atoms with Crippen molar-refractivity contribution in [2.45, 2.75) is 78.3 Å². The minimum absolute atomic E-state index is 0.0204. The van der Waals surface area contributed by atoms with Gasteiger partial charge in [0.15, 0.2) is 5.78 Å². The van der Waals surface area contributed by atoms with Gasteiger partial charge in [-0.25, -0.2) is 0 Å². The van der Waals surface area contributed by atoms with Crippen LogP contribution in [-0.4, -0.2) is 52.0 Å². The van der Waals surface area contributed by atoms with Gasteiger partial charge in [-0.15, -0.1) is 0 Å². The van der Waals surface area contributed by atoms with Crippen LogP contribution in [0.2, 0.25) is 0 Å². The maximum Gasteiger partial charge on any atom is 0.262 e. The number of carbonyl (C=O) groups excluding carboxylic acids is 2. The highest BCUT2D eigenvalue weighted by atomic mass is 16.3. The average Bonchev–Trinajstić information content (AvgIpc) is 2.85. The number of carbonyl (C=O) groups is 2. The second-order valence-corrected chi connectivity index (χ2v) is 11.4. The molecule has 2 heterocycles. The molecule has 1 fully saturated rings. The number of aromatic hydroxyl groups is 2. The first-order chi connectivity index (χ1) is 17.2. The number of anilines is 1. The first-order valence-electron chi connectivity index (χ1n) is 13.5. The van der Waals surface area contributed by atoms with E-state index in [4.69, 9.17) is 0 Å². The van der Waals surface area contributed by atoms with E-state index in [1.54, 1.807) is 23.1 Å². The van der Waals surface area contributed by atoms with Gasteiger partial charge in [0.05, 0.1) is 16.8 Å². The molecule has 36 heavy (non-hydrogen) atoms. The van der Waals surface area contributed by atoms with Gasteiger partial charge in [0.2, 0.25) is 0 Å². The van der Waals surface area contributed by atoms with Crippen LogP contribution in [-0.2, 0) is 19.3 Å². The van der Waals surface area contributed by atoms with Crippen LogP contribution in [0.1, 0.15) is 84.4 Å². The molecule has 192 valence electrons. The van der Waals surface area contributed by atoms with Crippen LogP contribution in [0.4, 0.5) is 5.69 Å². The van der Waals surface area contributed by atoms with E-state index >= 15 is 0 Å². The summed E-state index contributed by atoms with van der Waals surface area (Å²) in [4.78, 5) is 30.5. The highest BCUT2D eigenvalue weighted by Gasteiger charge is 2.37. The Balaban J connectivity index is 1.46. The Morgan fingerprint density at radius 3 is 2.28 bits per heavy atom. The molecule has 1 amide bonds. The van der Waals surface area contributed by atoms with Crippen LogP contribution in [0.25, 0.3) is 0 Å². The molecular formula is C30H38N2O4. The molecule has 2 aromatic carbocycles. The molecule has 0 bridgehead atoms. The molecule has 1 aliphatic carbocycles. The van der Waals surface area contributed by atoms with Crippen LogP contribution in [0.5, 0.6) is 11.5 Å². The van der Waals surface area contributed by atoms with Gasteiger partial charge in [0, 0.05) is 30.6 Å². The quantitative estimate of drug-likeness (QED) is 0.582. The number of phenols is 2. The Hall–Kier alpha value is -2.86. The number of amides is 1. The smallest absolute Gasteiger partial charge is 0.262 e. The number of aryl methyl sites for hydroxylation is 1. The van der Waals surface area contributed by atoms with E-state index in [-0.39, 0.29) is 29.1 Å². The number of hydrogen-bond donors (Lipinski definition) is 2. The van der Waals surface area contributed by atoms with E-state index in [0.29, 0.717) is 41.4 Å². The SMILES string of the molecule is CC(C)C(=O)c1cc2c(cc1O)N(C(=O)c1cc3c(cc1O)CC1C(CCCN1C(C)C)C3)CCC2. The number of rotatable bonds is 4. The number of piperidine rings is 1. The minimum atomic E-state index is -0.256. The maximum atomic E-state index is 13.7. The number of ketones is 1. The van der Waals surface area contributed by atoms with Crippen LogP contribution in [0, 0.1) is 11.8 Å². The summed E-state index contributed by atoms with van der Waals surface area (Å²) in [6, 6.07) is 7.99. The summed E-state index contributed by atoms with van der Waals surface area (Å²) >= 11 is 0. The van der Waals surface area contributed by atoms with E-state index in [9.17, 15) is 19.8 Å². The van der Waals surface area contributed by atoms with Gasteiger partial charge in [-0.2, -0.15) is 0 Å². The Labute approximate surface area is 213 Å². The first-order valence-corrected chi connectivity index (χ1v) is 13.5. The molecule has 5 rings (SSSR count). The van der Waals surface area contributed by atoms with Crippen molar-refractivity contribution >= 4 is 17.4 Å². The maximum absolute atomic E-state index is 13.7. The number of nitrogens with zero attached hydrogens (tertiary/aromatic N) is 2. The van der Waals surface area contributed by atoms with Crippen molar-refractivity contribution < 1.29 is 19.8 Å². The lowest BCUT2D eigenvalue weighted by Crippen LogP contribution is -2.51. The molecule has 2 aliphatic heterocycles. The lowest BCUT2D eigenvalue weighted by molar-refractivity contribution is 0.0580. The number of Topliss-reactive ketones (excluding diaryl/α,β-unsaturated/α-hetero) is 1. The summed E-state index contributed by atoms with van der Waals surface area (Å²) in [6.45, 7) is 9.77. The Bertz CT molecular complexity index is 1200. The molecule has 2 aromatic rings. The number of benzene rings is 2. The second kappa shape index (κ2) is 9.55. The fourth-order valence-electron chi connectivity index (χ4n) is 6.55. The van der Waals surface area contributed by atoms with Gasteiger partial charge >= 0.3 is 0 Å². The number of phenolic OH excluding ortho intramolecular Hbond substituents is 2. The fourth-order valence-corrected chi connectivity index (χ4v) is 6.55. The molecule has 6 nitrogen and oxygen atoms in total. The summed E-state index contributed by atoms with van der Waals surface area (Å²) in [7, 11) is 0. The Kier molecular flexibility index (Phi) is 6.58. The molecule has 0 aromatic heterocycles. The minimum Gasteiger partial charge on any atom is -0.507 e. The third kappa shape index (κ3) is 4.30. The normalized spacial score (nSPS) is 21.8. The van der Waals surface area contributed by atoms with Gasteiger partial charge in [0.1, 0.15) is 11.5 Å². The molecule has 3 aliphatic rings. The Morgan fingerprint density at radius 2 is 1.56 bits per heavy atom. The van der Waals surface area contributed by atoms with E-state index in [0.717, 1.165) is 43.4 Å². The largest absolute Gasteiger partial charge is 0.507 e. The molecule has 0 radical (unpaired) electrons. The molecule has 2 atom stereocenters. The highest BCUT2D eigenvalue weighted by Crippen LogP contribution is 2.40. The number of likely N-dealkylation sites (tertiary alicyclic amines) is 1. The summed E-state index contributed by atoms with van der Waals surface area (Å²) in [5.41, 5.74) is 4.45. The summed E-state index contributed by atoms with van der Waals surface area (Å²) in [5, 5.41) is 21.6. The predicted molar refractivity (Wildman–Crippen MR) is 141 cm³/mol. The van der Waals surface area contributed by atoms with Crippen LogP contribution >= 0.6 is 0 Å². The van der Waals surface area contributed by atoms with E-state index in [1.165, 1.54) is 18.4 Å². The van der Waals surface area contributed by atoms with Gasteiger partial charge in [-0.05, 0) is 99.7 Å². The standard InChI is InChI=1S/C30H38N2O4/c1-17(2)29(35)23-12-20-8-6-10-32(26(20)16-28(23)34)30(36)24-13-21-11-19-7-5-9-31(18(3)4)25(19)14-22(21)15-27(24)33/h12-13,15-19,25,33-34H,5-11,14H2,1-4H3. The van der Waals surface area contributed by atoms with Crippen molar-refractivity contribution in [3.05, 3.63) is 52.1 Å². The Morgan fingerprint density at radius 1 is 0.861 bits per heavy atom. The van der Waals surface area contributed by atoms with Crippen molar-refractivity contribution in [2.24, 2.45) is 11.8 Å². The molecule has 1 saturated heterocycles. The molecule has 2 N–H and O–H groups in total. The zero-order chi connectivity index (χ0) is 25.7. The fraction of sp³-hybridized carbons (Fsp3) is 0.533. The van der Waals surface area contributed by atoms with Crippen LogP contribution < -0.4 is 4.90 Å². The molecule has 0 saturated carbocycles. The number of fused-ring (bicyclic) bond motifs is 3. The molecule has 2 unspecified atom stereocenters. The third-order valence-electron chi connectivity index (χ3n) is 8.43. The van der Waals surface area contributed by atoms with Gasteiger partial charge in [0.25, 0.3) is 5.91 Å². The molecule has 0 spiro atoms. The van der Waals surface area contributed by atoms with Crippen molar-refractivity contribution in [2.75, 3.05) is 18.0 Å². The van der Waals surface area contributed by atoms with Crippen LogP contribution in [0.3, 0.4) is 0 Å². The second-order valence-electron chi connectivity index (χ2n) is 11.4. The molecule has 6 heteroatoms. The average molecular weight is 491 g/mol. The molecular weight excluding hydrogens is 452 g/mol. The van der Waals surface area contributed by atoms with Gasteiger partial charge in [-0.1, -0.05) is 13.8 Å². The van der Waals surface area contributed by atoms with Gasteiger partial charge < -0.3 is 15.1 Å². The van der Waals surface area contributed by atoms with E-state index < -0.39 is 0 Å². The van der Waals surface area contributed by atoms with Crippen molar-refractivity contribution in [3.8, 4) is 11.5 Å². The topological polar surface area (TPSA) is 81.1 Å². The van der Waals surface area contributed by atoms with Crippen LogP contribution in [0.15, 0.2) is 24.3 Å². The lowest BCUT2D eigenvalue weighted by atomic mass is 9.74. The van der Waals surface area contributed by atoms with E-state index in [1.807, 2.05) is 19.9 Å². The first kappa shape index (κ1) is 24.8. The lowest BCUT2D eigenvalue weighted by Gasteiger charge is -2.46. The van der Waals surface area contributed by atoms with Crippen molar-refractivity contribution in [1.82, 2.24) is 4.90 Å². The zero-order valence-corrected chi connectivity index (χ0v) is 21.9. The number of hydrogen-bond acceptors (Lipinski definition) is 5. The van der Waals surface area contributed by atoms with Crippen molar-refractivity contribution in [3.63, 3.8) is 0 Å². The summed E-state index contributed by atoms with van der Waals surface area (Å²) in [6.07, 6.45) is 5.75. The third-order valence-corrected chi connectivity index (χ3v) is 8.43. The highest BCUT2D eigenvalue weighted by molar-refractivity contribution is 6.09. The monoisotopic (exact) mass is 490 g/mol. The zero-order valence-electron chi connectivity index (χ0n) is 21.9. The summed E-state index contributed by atoms with van der Waals surface area (Å²) < 4.78 is 0.